The summed E-state index contributed by atoms with van der Waals surface area (Å²) in [5.74, 6) is -0.737. The molecule has 1 aliphatic heterocycles. The third-order valence-electron chi connectivity index (χ3n) is 4.00. The van der Waals surface area contributed by atoms with Crippen molar-refractivity contribution in [1.82, 2.24) is 4.72 Å². The van der Waals surface area contributed by atoms with Crippen LogP contribution in [0, 0.1) is 0 Å². The topological polar surface area (TPSA) is 111 Å². The normalized spacial score (nSPS) is 15.5. The molecular weight excluding hydrogens is 384 g/mol. The number of carbonyl (C=O) groups is 2. The van der Waals surface area contributed by atoms with Gasteiger partial charge in [0.15, 0.2) is 0 Å². The molecule has 0 saturated heterocycles. The number of nitrogens with zero attached hydrogens (tertiary/aromatic N) is 1. The highest BCUT2D eigenvalue weighted by molar-refractivity contribution is 7.90. The van der Waals surface area contributed by atoms with Gasteiger partial charge in [-0.3, -0.25) is 14.5 Å². The maximum absolute atomic E-state index is 12.0. The van der Waals surface area contributed by atoms with E-state index in [0.29, 0.717) is 16.7 Å². The molecule has 0 atom stereocenters. The quantitative estimate of drug-likeness (QED) is 0.736. The highest BCUT2D eigenvalue weighted by Gasteiger charge is 2.29. The van der Waals surface area contributed by atoms with Crippen molar-refractivity contribution in [3.8, 4) is 0 Å². The molecule has 9 heteroatoms. The molecule has 0 spiro atoms. The fourth-order valence-corrected chi connectivity index (χ4v) is 3.90. The summed E-state index contributed by atoms with van der Waals surface area (Å²) in [6, 6.07) is 13.1. The van der Waals surface area contributed by atoms with Crippen LogP contribution in [0.5, 0.6) is 0 Å². The van der Waals surface area contributed by atoms with Crippen molar-refractivity contribution in [3.63, 3.8) is 0 Å². The molecule has 1 N–H and O–H groups in total. The van der Waals surface area contributed by atoms with Crippen LogP contribution in [0.4, 0.5) is 0 Å². The van der Waals surface area contributed by atoms with Crippen LogP contribution < -0.4 is 4.72 Å². The zero-order valence-corrected chi connectivity index (χ0v) is 15.9. The van der Waals surface area contributed by atoms with E-state index in [-0.39, 0.29) is 30.3 Å². The smallest absolute Gasteiger partial charge is 0.337 e. The lowest BCUT2D eigenvalue weighted by atomic mass is 10.1. The van der Waals surface area contributed by atoms with E-state index in [9.17, 15) is 18.0 Å². The van der Waals surface area contributed by atoms with Gasteiger partial charge in [-0.25, -0.2) is 13.2 Å². The summed E-state index contributed by atoms with van der Waals surface area (Å²) < 4.78 is 36.2. The van der Waals surface area contributed by atoms with Crippen LogP contribution in [0.25, 0.3) is 0 Å². The molecular formula is C19H18N2O6S. The lowest BCUT2D eigenvalue weighted by Crippen LogP contribution is -2.22. The van der Waals surface area contributed by atoms with E-state index in [1.165, 1.54) is 13.2 Å². The van der Waals surface area contributed by atoms with Crippen molar-refractivity contribution in [1.29, 1.82) is 0 Å². The molecule has 0 aromatic heterocycles. The Kier molecular flexibility index (Phi) is 5.74. The van der Waals surface area contributed by atoms with E-state index in [0.717, 1.165) is 0 Å². The van der Waals surface area contributed by atoms with Crippen LogP contribution in [0.3, 0.4) is 0 Å². The van der Waals surface area contributed by atoms with Crippen molar-refractivity contribution >= 4 is 27.8 Å². The van der Waals surface area contributed by atoms with E-state index in [1.807, 2.05) is 0 Å². The Morgan fingerprint density at radius 3 is 2.68 bits per heavy atom. The lowest BCUT2D eigenvalue weighted by Gasteiger charge is -2.06. The zero-order chi connectivity index (χ0) is 20.1. The van der Waals surface area contributed by atoms with Gasteiger partial charge in [0.2, 0.25) is 0 Å². The van der Waals surface area contributed by atoms with Crippen molar-refractivity contribution < 1.29 is 27.5 Å². The molecule has 1 aliphatic rings. The predicted octanol–water partition coefficient (Wildman–Crippen LogP) is 1.65. The number of benzene rings is 2. The molecule has 0 aliphatic carbocycles. The van der Waals surface area contributed by atoms with Crippen LogP contribution in [-0.2, 0) is 30.9 Å². The summed E-state index contributed by atoms with van der Waals surface area (Å²) in [5.41, 5.74) is 1.50. The van der Waals surface area contributed by atoms with Crippen molar-refractivity contribution in [2.45, 2.75) is 17.9 Å². The number of methoxy groups -OCH3 is 1. The largest absolute Gasteiger partial charge is 0.465 e. The molecule has 146 valence electrons. The second kappa shape index (κ2) is 8.22. The minimum absolute atomic E-state index is 0.00962. The average molecular weight is 402 g/mol. The van der Waals surface area contributed by atoms with Gasteiger partial charge >= 0.3 is 11.9 Å². The number of ether oxygens (including phenoxy) is 2. The number of esters is 2. The average Bonchev–Trinajstić information content (AvgIpc) is 2.96. The van der Waals surface area contributed by atoms with Crippen molar-refractivity contribution in [3.05, 3.63) is 65.2 Å². The molecule has 0 amide bonds. The van der Waals surface area contributed by atoms with Crippen LogP contribution in [-0.4, -0.2) is 39.8 Å². The van der Waals surface area contributed by atoms with Crippen LogP contribution in [0.15, 0.2) is 58.4 Å². The summed E-state index contributed by atoms with van der Waals surface area (Å²) in [5, 5.41) is 0. The first-order chi connectivity index (χ1) is 13.4. The molecule has 0 saturated carbocycles. The maximum atomic E-state index is 12.0. The number of carbonyl (C=O) groups excluding carboxylic acids is 2. The number of hydrogen-bond donors (Lipinski definition) is 1. The summed E-state index contributed by atoms with van der Waals surface area (Å²) in [6.45, 7) is 0.0862. The van der Waals surface area contributed by atoms with Gasteiger partial charge in [0.05, 0.1) is 30.5 Å². The zero-order valence-electron chi connectivity index (χ0n) is 15.0. The molecule has 2 aromatic carbocycles. The molecule has 1 heterocycles. The monoisotopic (exact) mass is 402 g/mol. The molecule has 8 nitrogen and oxygen atoms in total. The van der Waals surface area contributed by atoms with Gasteiger partial charge < -0.3 is 9.47 Å². The van der Waals surface area contributed by atoms with Crippen molar-refractivity contribution in [2.24, 2.45) is 4.99 Å². The van der Waals surface area contributed by atoms with E-state index >= 15 is 0 Å². The molecule has 0 bridgehead atoms. The fourth-order valence-electron chi connectivity index (χ4n) is 2.65. The van der Waals surface area contributed by atoms with Crippen molar-refractivity contribution in [2.75, 3.05) is 13.7 Å². The highest BCUT2D eigenvalue weighted by atomic mass is 32.2. The minimum Gasteiger partial charge on any atom is -0.465 e. The van der Waals surface area contributed by atoms with E-state index in [2.05, 4.69) is 14.5 Å². The van der Waals surface area contributed by atoms with Gasteiger partial charge in [-0.1, -0.05) is 24.3 Å². The summed E-state index contributed by atoms with van der Waals surface area (Å²) in [7, 11) is -2.31. The molecule has 0 radical (unpaired) electrons. The first-order valence-corrected chi connectivity index (χ1v) is 9.88. The third kappa shape index (κ3) is 4.37. The van der Waals surface area contributed by atoms with Gasteiger partial charge in [-0.15, -0.1) is 0 Å². The van der Waals surface area contributed by atoms with Gasteiger partial charge in [0, 0.05) is 5.56 Å². The van der Waals surface area contributed by atoms with Gasteiger partial charge in [-0.05, 0) is 29.8 Å². The first-order valence-electron chi connectivity index (χ1n) is 8.40. The van der Waals surface area contributed by atoms with Crippen LogP contribution in [0.2, 0.25) is 0 Å². The molecule has 28 heavy (non-hydrogen) atoms. The Morgan fingerprint density at radius 2 is 1.89 bits per heavy atom. The Morgan fingerprint density at radius 1 is 1.11 bits per heavy atom. The SMILES string of the molecule is COC(=O)c1cccc(COC(=O)CCN=C2NS(=O)(=O)c3ccccc32)c1. The number of aliphatic imine (C=N–C) groups is 1. The molecule has 3 rings (SSSR count). The van der Waals surface area contributed by atoms with Crippen LogP contribution in [0.1, 0.15) is 27.9 Å². The summed E-state index contributed by atoms with van der Waals surface area (Å²) in [4.78, 5) is 27.8. The number of rotatable bonds is 6. The lowest BCUT2D eigenvalue weighted by molar-refractivity contribution is -0.144. The number of hydrogen-bond acceptors (Lipinski definition) is 7. The molecule has 0 unspecified atom stereocenters. The standard InChI is InChI=1S/C19H18N2O6S/c1-26-19(23)14-6-4-5-13(11-14)12-27-17(22)9-10-20-18-15-7-2-3-8-16(15)28(24,25)21-18/h2-8,11H,9-10,12H2,1H3,(H,20,21). The van der Waals surface area contributed by atoms with Gasteiger partial charge in [-0.2, -0.15) is 0 Å². The highest BCUT2D eigenvalue weighted by Crippen LogP contribution is 2.22. The maximum Gasteiger partial charge on any atom is 0.337 e. The number of amidine groups is 1. The Bertz CT molecular complexity index is 1050. The van der Waals surface area contributed by atoms with E-state index in [1.54, 1.807) is 42.5 Å². The number of fused-ring (bicyclic) bond motifs is 1. The van der Waals surface area contributed by atoms with Gasteiger partial charge in [0.1, 0.15) is 12.4 Å². The van der Waals surface area contributed by atoms with Gasteiger partial charge in [0.25, 0.3) is 10.0 Å². The number of sulfonamides is 1. The Hall–Kier alpha value is -3.20. The first kappa shape index (κ1) is 19.6. The van der Waals surface area contributed by atoms with E-state index in [4.69, 9.17) is 4.74 Å². The van der Waals surface area contributed by atoms with E-state index < -0.39 is 22.0 Å². The number of nitrogens with one attached hydrogen (secondary N) is 1. The minimum atomic E-state index is -3.60. The second-order valence-electron chi connectivity index (χ2n) is 5.93. The molecule has 2 aromatic rings. The van der Waals surface area contributed by atoms with Crippen LogP contribution >= 0.6 is 0 Å². The molecule has 0 fully saturated rings. The summed E-state index contributed by atoms with van der Waals surface area (Å²) in [6.07, 6.45) is -0.00983. The predicted molar refractivity (Wildman–Crippen MR) is 100 cm³/mol. The third-order valence-corrected chi connectivity index (χ3v) is 5.39. The fraction of sp³-hybridized carbons (Fsp3) is 0.211. The Labute approximate surface area is 162 Å². The second-order valence-corrected chi connectivity index (χ2v) is 7.59. The Balaban J connectivity index is 1.55. The summed E-state index contributed by atoms with van der Waals surface area (Å²) >= 11 is 0.